The molecular weight excluding hydrogens is 370 g/mol. The van der Waals surface area contributed by atoms with Crippen LogP contribution in [0.2, 0.25) is 0 Å². The van der Waals surface area contributed by atoms with Gasteiger partial charge in [0.2, 0.25) is 0 Å². The molecule has 0 aliphatic rings. The minimum atomic E-state index is -0.239. The van der Waals surface area contributed by atoms with E-state index in [9.17, 15) is 9.59 Å². The second-order valence-electron chi connectivity index (χ2n) is 5.97. The monoisotopic (exact) mass is 394 g/mol. The van der Waals surface area contributed by atoms with Crippen molar-refractivity contribution >= 4 is 35.4 Å². The normalized spacial score (nSPS) is 11.8. The average molecular weight is 395 g/mol. The molecule has 1 aromatic carbocycles. The summed E-state index contributed by atoms with van der Waals surface area (Å²) in [5.74, 6) is -0.332. The second kappa shape index (κ2) is 9.61. The summed E-state index contributed by atoms with van der Waals surface area (Å²) in [5, 5.41) is 4.53. The molecule has 0 spiro atoms. The predicted octanol–water partition coefficient (Wildman–Crippen LogP) is 1.42. The highest BCUT2D eigenvalue weighted by Crippen LogP contribution is 2.11. The zero-order valence-electron chi connectivity index (χ0n) is 15.2. The van der Waals surface area contributed by atoms with Crippen molar-refractivity contribution in [1.29, 1.82) is 0 Å². The molecule has 1 atom stereocenters. The van der Waals surface area contributed by atoms with E-state index in [1.54, 1.807) is 14.0 Å². The Morgan fingerprint density at radius 1 is 1.31 bits per heavy atom. The highest BCUT2D eigenvalue weighted by atomic mass is 32.1. The standard InChI is InChI=1S/C18H23N3O3S2/c1-4-24-16(22)9-15-11-26-18(25)21(15)12-20(3)10-13-5-7-14(8-6-13)17(23)19-2/h5-8,11H,4,9-10,12H2,1-3H3,(H,19,23)/p+1. The number of carbonyl (C=O) groups excluding carboxylic acids is 2. The number of quaternary nitrogens is 1. The third-order valence-corrected chi connectivity index (χ3v) is 5.19. The van der Waals surface area contributed by atoms with Crippen LogP contribution >= 0.6 is 23.6 Å². The fraction of sp³-hybridized carbons (Fsp3) is 0.389. The van der Waals surface area contributed by atoms with Crippen molar-refractivity contribution in [2.75, 3.05) is 20.7 Å². The van der Waals surface area contributed by atoms with Crippen LogP contribution in [0.5, 0.6) is 0 Å². The maximum Gasteiger partial charge on any atom is 0.311 e. The number of ether oxygens (including phenoxy) is 1. The molecular formula is C18H24N3O3S2+. The first-order chi connectivity index (χ1) is 12.4. The van der Waals surface area contributed by atoms with Crippen LogP contribution in [-0.4, -0.2) is 37.1 Å². The summed E-state index contributed by atoms with van der Waals surface area (Å²) in [6.45, 7) is 3.62. The Morgan fingerprint density at radius 2 is 2.00 bits per heavy atom. The highest BCUT2D eigenvalue weighted by molar-refractivity contribution is 7.73. The summed E-state index contributed by atoms with van der Waals surface area (Å²) < 4.78 is 7.77. The molecule has 2 aromatic rings. The van der Waals surface area contributed by atoms with Gasteiger partial charge in [0.05, 0.1) is 20.1 Å². The van der Waals surface area contributed by atoms with Gasteiger partial charge in [-0.3, -0.25) is 14.2 Å². The number of benzene rings is 1. The number of rotatable bonds is 8. The van der Waals surface area contributed by atoms with E-state index in [1.165, 1.54) is 16.2 Å². The van der Waals surface area contributed by atoms with E-state index in [0.29, 0.717) is 18.8 Å². The van der Waals surface area contributed by atoms with Crippen molar-refractivity contribution in [2.45, 2.75) is 26.6 Å². The largest absolute Gasteiger partial charge is 0.466 e. The van der Waals surface area contributed by atoms with Gasteiger partial charge in [-0.1, -0.05) is 12.1 Å². The molecule has 0 saturated heterocycles. The molecule has 26 heavy (non-hydrogen) atoms. The maximum absolute atomic E-state index is 11.8. The van der Waals surface area contributed by atoms with Crippen molar-refractivity contribution in [2.24, 2.45) is 0 Å². The van der Waals surface area contributed by atoms with Crippen molar-refractivity contribution in [3.63, 3.8) is 0 Å². The summed E-state index contributed by atoms with van der Waals surface area (Å²) in [4.78, 5) is 24.6. The first-order valence-corrected chi connectivity index (χ1v) is 9.68. The van der Waals surface area contributed by atoms with Gasteiger partial charge in [-0.25, -0.2) is 0 Å². The molecule has 1 heterocycles. The van der Waals surface area contributed by atoms with Crippen LogP contribution in [0.4, 0.5) is 0 Å². The third-order valence-electron chi connectivity index (χ3n) is 3.87. The van der Waals surface area contributed by atoms with Crippen LogP contribution in [0.15, 0.2) is 29.6 Å². The molecule has 0 radical (unpaired) electrons. The van der Waals surface area contributed by atoms with E-state index in [0.717, 1.165) is 21.8 Å². The number of hydrogen-bond donors (Lipinski definition) is 2. The van der Waals surface area contributed by atoms with Crippen LogP contribution in [0.25, 0.3) is 0 Å². The SMILES string of the molecule is CCOC(=O)Cc1csc(=S)n1C[NH+](C)Cc1ccc(C(=O)NC)cc1. The first-order valence-electron chi connectivity index (χ1n) is 8.39. The Labute approximate surface area is 162 Å². The summed E-state index contributed by atoms with van der Waals surface area (Å²) in [7, 11) is 3.69. The molecule has 1 aromatic heterocycles. The predicted molar refractivity (Wildman–Crippen MR) is 104 cm³/mol. The minimum Gasteiger partial charge on any atom is -0.466 e. The van der Waals surface area contributed by atoms with E-state index < -0.39 is 0 Å². The lowest BCUT2D eigenvalue weighted by atomic mass is 10.1. The van der Waals surface area contributed by atoms with Crippen LogP contribution in [0, 0.1) is 3.95 Å². The Bertz CT molecular complexity index is 812. The molecule has 2 N–H and O–H groups in total. The quantitative estimate of drug-likeness (QED) is 0.525. The number of aromatic nitrogens is 1. The van der Waals surface area contributed by atoms with Crippen molar-refractivity contribution in [3.05, 3.63) is 50.4 Å². The Morgan fingerprint density at radius 3 is 2.62 bits per heavy atom. The number of nitrogens with one attached hydrogen (secondary N) is 2. The molecule has 6 nitrogen and oxygen atoms in total. The molecule has 140 valence electrons. The first kappa shape index (κ1) is 20.3. The van der Waals surface area contributed by atoms with Gasteiger partial charge in [0.1, 0.15) is 6.54 Å². The molecule has 8 heteroatoms. The number of amides is 1. The van der Waals surface area contributed by atoms with Crippen LogP contribution in [0.3, 0.4) is 0 Å². The average Bonchev–Trinajstić information content (AvgIpc) is 2.95. The van der Waals surface area contributed by atoms with E-state index >= 15 is 0 Å². The number of hydrogen-bond acceptors (Lipinski definition) is 5. The summed E-state index contributed by atoms with van der Waals surface area (Å²) in [6.07, 6.45) is 0.231. The van der Waals surface area contributed by atoms with Gasteiger partial charge in [-0.15, -0.1) is 11.3 Å². The maximum atomic E-state index is 11.8. The number of thiazole rings is 1. The van der Waals surface area contributed by atoms with E-state index in [-0.39, 0.29) is 18.3 Å². The summed E-state index contributed by atoms with van der Waals surface area (Å²) in [6, 6.07) is 7.56. The minimum absolute atomic E-state index is 0.0922. The zero-order chi connectivity index (χ0) is 19.1. The lowest BCUT2D eigenvalue weighted by Crippen LogP contribution is -3.06. The fourth-order valence-corrected chi connectivity index (χ4v) is 3.70. The Hall–Kier alpha value is -2.03. The molecule has 1 unspecified atom stereocenters. The van der Waals surface area contributed by atoms with Crippen molar-refractivity contribution < 1.29 is 19.2 Å². The molecule has 0 aliphatic carbocycles. The van der Waals surface area contributed by atoms with E-state index in [2.05, 4.69) is 12.4 Å². The third kappa shape index (κ3) is 5.48. The van der Waals surface area contributed by atoms with Crippen LogP contribution in [0.1, 0.15) is 28.5 Å². The molecule has 0 bridgehead atoms. The topological polar surface area (TPSA) is 64.8 Å². The molecule has 0 saturated carbocycles. The second-order valence-corrected chi connectivity index (χ2v) is 7.47. The highest BCUT2D eigenvalue weighted by Gasteiger charge is 2.14. The fourth-order valence-electron chi connectivity index (χ4n) is 2.62. The molecule has 1 amide bonds. The van der Waals surface area contributed by atoms with Gasteiger partial charge in [0.15, 0.2) is 10.6 Å². The van der Waals surface area contributed by atoms with Gasteiger partial charge in [0, 0.05) is 29.2 Å². The lowest BCUT2D eigenvalue weighted by molar-refractivity contribution is -0.917. The van der Waals surface area contributed by atoms with Crippen molar-refractivity contribution in [1.82, 2.24) is 9.88 Å². The summed E-state index contributed by atoms with van der Waals surface area (Å²) >= 11 is 6.86. The molecule has 0 aliphatic heterocycles. The van der Waals surface area contributed by atoms with Gasteiger partial charge < -0.3 is 15.0 Å². The van der Waals surface area contributed by atoms with Crippen LogP contribution in [-0.2, 0) is 29.2 Å². The van der Waals surface area contributed by atoms with Gasteiger partial charge in [0.25, 0.3) is 5.91 Å². The van der Waals surface area contributed by atoms with E-state index in [1.807, 2.05) is 34.2 Å². The number of esters is 1. The summed E-state index contributed by atoms with van der Waals surface area (Å²) in [5.41, 5.74) is 2.65. The zero-order valence-corrected chi connectivity index (χ0v) is 16.8. The smallest absolute Gasteiger partial charge is 0.311 e. The molecule has 2 rings (SSSR count). The Balaban J connectivity index is 2.02. The van der Waals surface area contributed by atoms with Gasteiger partial charge >= 0.3 is 5.97 Å². The van der Waals surface area contributed by atoms with Crippen LogP contribution < -0.4 is 10.2 Å². The van der Waals surface area contributed by atoms with Crippen molar-refractivity contribution in [3.8, 4) is 0 Å². The number of carbonyl (C=O) groups is 2. The lowest BCUT2D eigenvalue weighted by Gasteiger charge is -2.17. The van der Waals surface area contributed by atoms with Gasteiger partial charge in [-0.05, 0) is 31.3 Å². The van der Waals surface area contributed by atoms with Gasteiger partial charge in [-0.2, -0.15) is 0 Å². The van der Waals surface area contributed by atoms with E-state index in [4.69, 9.17) is 17.0 Å². The number of nitrogens with zero attached hydrogens (tertiary/aromatic N) is 1. The molecule has 0 fully saturated rings. The Kier molecular flexibility index (Phi) is 7.50.